The second-order valence-corrected chi connectivity index (χ2v) is 8.05. The molecule has 10 heteroatoms. The SMILES string of the molecule is C=C1CCC(n2c(C)nc3cccc(CNC(=O)c4ccc(C(F)(F)F)cc4)c3c2=O)C(=O)N1. The maximum Gasteiger partial charge on any atom is 0.416 e. The Labute approximate surface area is 192 Å². The average molecular weight is 470 g/mol. The van der Waals surface area contributed by atoms with Crippen LogP contribution in [-0.2, 0) is 17.5 Å². The molecule has 0 bridgehead atoms. The minimum atomic E-state index is -4.49. The standard InChI is InChI=1S/C24H21F3N4O3/c1-13-6-11-19(22(33)29-13)31-14(2)30-18-5-3-4-16(20(18)23(31)34)12-28-21(32)15-7-9-17(10-8-15)24(25,26)27/h3-5,7-10,19H,1,6,11-12H2,2H3,(H,28,32)(H,29,33). The number of aromatic nitrogens is 2. The lowest BCUT2D eigenvalue weighted by molar-refractivity contribution is -0.137. The number of fused-ring (bicyclic) bond motifs is 1. The van der Waals surface area contributed by atoms with Crippen LogP contribution in [0, 0.1) is 6.92 Å². The summed E-state index contributed by atoms with van der Waals surface area (Å²) >= 11 is 0. The van der Waals surface area contributed by atoms with E-state index in [1.54, 1.807) is 25.1 Å². The first kappa shape index (κ1) is 23.2. The molecule has 1 saturated heterocycles. The summed E-state index contributed by atoms with van der Waals surface area (Å²) in [6, 6.07) is 8.13. The molecule has 3 aromatic rings. The van der Waals surface area contributed by atoms with Crippen LogP contribution in [0.15, 0.2) is 59.5 Å². The van der Waals surface area contributed by atoms with Gasteiger partial charge in [0.25, 0.3) is 11.5 Å². The molecule has 1 fully saturated rings. The zero-order valence-electron chi connectivity index (χ0n) is 18.2. The maximum atomic E-state index is 13.4. The molecular weight excluding hydrogens is 449 g/mol. The van der Waals surface area contributed by atoms with Crippen molar-refractivity contribution in [2.75, 3.05) is 0 Å². The Bertz CT molecular complexity index is 1360. The van der Waals surface area contributed by atoms with Crippen LogP contribution in [0.4, 0.5) is 13.2 Å². The molecule has 0 aliphatic carbocycles. The van der Waals surface area contributed by atoms with Gasteiger partial charge in [0, 0.05) is 17.8 Å². The molecule has 1 aromatic heterocycles. The summed E-state index contributed by atoms with van der Waals surface area (Å²) in [7, 11) is 0. The Morgan fingerprint density at radius 3 is 2.56 bits per heavy atom. The lowest BCUT2D eigenvalue weighted by atomic mass is 10.0. The highest BCUT2D eigenvalue weighted by atomic mass is 19.4. The summed E-state index contributed by atoms with van der Waals surface area (Å²) in [6.45, 7) is 5.35. The molecule has 1 atom stereocenters. The first-order chi connectivity index (χ1) is 16.1. The first-order valence-electron chi connectivity index (χ1n) is 10.5. The quantitative estimate of drug-likeness (QED) is 0.609. The van der Waals surface area contributed by atoms with Gasteiger partial charge in [-0.1, -0.05) is 18.7 Å². The normalized spacial score (nSPS) is 16.4. The smallest absolute Gasteiger partial charge is 0.348 e. The third kappa shape index (κ3) is 4.43. The Kier molecular flexibility index (Phi) is 5.99. The molecule has 0 saturated carbocycles. The van der Waals surface area contributed by atoms with Gasteiger partial charge in [0.2, 0.25) is 5.91 Å². The Balaban J connectivity index is 1.63. The molecule has 1 aliphatic heterocycles. The van der Waals surface area contributed by atoms with E-state index >= 15 is 0 Å². The summed E-state index contributed by atoms with van der Waals surface area (Å²) in [5.74, 6) is -0.539. The van der Waals surface area contributed by atoms with Gasteiger partial charge >= 0.3 is 6.18 Å². The number of nitrogens with zero attached hydrogens (tertiary/aromatic N) is 2. The number of carbonyl (C=O) groups excluding carboxylic acids is 2. The first-order valence-corrected chi connectivity index (χ1v) is 10.5. The molecular formula is C24H21F3N4O3. The van der Waals surface area contributed by atoms with Gasteiger partial charge in [-0.2, -0.15) is 13.2 Å². The van der Waals surface area contributed by atoms with Gasteiger partial charge in [0.05, 0.1) is 16.5 Å². The van der Waals surface area contributed by atoms with E-state index in [-0.39, 0.29) is 23.4 Å². The Hall–Kier alpha value is -3.95. The molecule has 176 valence electrons. The number of amides is 2. The van der Waals surface area contributed by atoms with Crippen LogP contribution in [0.5, 0.6) is 0 Å². The predicted molar refractivity (Wildman–Crippen MR) is 119 cm³/mol. The summed E-state index contributed by atoms with van der Waals surface area (Å²) in [4.78, 5) is 42.9. The van der Waals surface area contributed by atoms with Gasteiger partial charge in [-0.15, -0.1) is 0 Å². The second-order valence-electron chi connectivity index (χ2n) is 8.05. The number of hydrogen-bond acceptors (Lipinski definition) is 4. The second kappa shape index (κ2) is 8.77. The van der Waals surface area contributed by atoms with Crippen LogP contribution >= 0.6 is 0 Å². The minimum absolute atomic E-state index is 0.0507. The van der Waals surface area contributed by atoms with E-state index in [2.05, 4.69) is 22.2 Å². The van der Waals surface area contributed by atoms with Gasteiger partial charge in [0.15, 0.2) is 0 Å². The molecule has 0 spiro atoms. The van der Waals surface area contributed by atoms with Crippen molar-refractivity contribution in [2.45, 2.75) is 38.5 Å². The number of carbonyl (C=O) groups is 2. The number of nitrogens with one attached hydrogen (secondary N) is 2. The van der Waals surface area contributed by atoms with Crippen molar-refractivity contribution in [3.8, 4) is 0 Å². The number of aryl methyl sites for hydroxylation is 1. The van der Waals surface area contributed by atoms with Crippen LogP contribution in [0.3, 0.4) is 0 Å². The summed E-state index contributed by atoms with van der Waals surface area (Å²) in [6.07, 6.45) is -3.55. The molecule has 7 nitrogen and oxygen atoms in total. The van der Waals surface area contributed by atoms with E-state index in [9.17, 15) is 27.6 Å². The third-order valence-corrected chi connectivity index (χ3v) is 5.74. The molecule has 2 N–H and O–H groups in total. The average Bonchev–Trinajstić information content (AvgIpc) is 2.78. The van der Waals surface area contributed by atoms with E-state index < -0.39 is 29.2 Å². The van der Waals surface area contributed by atoms with Crippen molar-refractivity contribution in [3.05, 3.63) is 87.6 Å². The van der Waals surface area contributed by atoms with Crippen LogP contribution in [0.1, 0.15) is 46.2 Å². The molecule has 1 aliphatic rings. The van der Waals surface area contributed by atoms with Crippen LogP contribution < -0.4 is 16.2 Å². The lowest BCUT2D eigenvalue weighted by Gasteiger charge is -2.26. The largest absolute Gasteiger partial charge is 0.416 e. The minimum Gasteiger partial charge on any atom is -0.348 e. The highest BCUT2D eigenvalue weighted by Gasteiger charge is 2.30. The number of halogens is 3. The number of allylic oxidation sites excluding steroid dienone is 1. The number of alkyl halides is 3. The fourth-order valence-electron chi connectivity index (χ4n) is 4.03. The third-order valence-electron chi connectivity index (χ3n) is 5.74. The maximum absolute atomic E-state index is 13.4. The summed E-state index contributed by atoms with van der Waals surface area (Å²) in [5, 5.41) is 5.56. The molecule has 1 unspecified atom stereocenters. The lowest BCUT2D eigenvalue weighted by Crippen LogP contribution is -2.41. The van der Waals surface area contributed by atoms with Gasteiger partial charge in [-0.3, -0.25) is 19.0 Å². The fourth-order valence-corrected chi connectivity index (χ4v) is 4.03. The van der Waals surface area contributed by atoms with Gasteiger partial charge in [0.1, 0.15) is 11.9 Å². The van der Waals surface area contributed by atoms with E-state index in [1.807, 2.05) is 0 Å². The van der Waals surface area contributed by atoms with Crippen molar-refractivity contribution in [3.63, 3.8) is 0 Å². The van der Waals surface area contributed by atoms with E-state index in [4.69, 9.17) is 0 Å². The molecule has 0 radical (unpaired) electrons. The van der Waals surface area contributed by atoms with Crippen molar-refractivity contribution in [2.24, 2.45) is 0 Å². The summed E-state index contributed by atoms with van der Waals surface area (Å²) in [5.41, 5.74) is 0.279. The molecule has 2 amide bonds. The number of benzene rings is 2. The van der Waals surface area contributed by atoms with Crippen LogP contribution in [0.2, 0.25) is 0 Å². The molecule has 34 heavy (non-hydrogen) atoms. The van der Waals surface area contributed by atoms with Crippen LogP contribution in [0.25, 0.3) is 10.9 Å². The highest BCUT2D eigenvalue weighted by Crippen LogP contribution is 2.29. The van der Waals surface area contributed by atoms with Crippen molar-refractivity contribution in [1.29, 1.82) is 0 Å². The highest BCUT2D eigenvalue weighted by molar-refractivity contribution is 5.94. The van der Waals surface area contributed by atoms with Gasteiger partial charge in [-0.25, -0.2) is 4.98 Å². The molecule has 2 aromatic carbocycles. The monoisotopic (exact) mass is 470 g/mol. The topological polar surface area (TPSA) is 93.1 Å². The zero-order chi connectivity index (χ0) is 24.6. The zero-order valence-corrected chi connectivity index (χ0v) is 18.2. The number of hydrogen-bond donors (Lipinski definition) is 2. The number of rotatable bonds is 4. The Morgan fingerprint density at radius 1 is 1.21 bits per heavy atom. The predicted octanol–water partition coefficient (Wildman–Crippen LogP) is 3.62. The van der Waals surface area contributed by atoms with E-state index in [1.165, 1.54) is 4.57 Å². The molecule has 4 rings (SSSR count). The van der Waals surface area contributed by atoms with Crippen molar-refractivity contribution >= 4 is 22.7 Å². The molecule has 2 heterocycles. The van der Waals surface area contributed by atoms with Crippen LogP contribution in [-0.4, -0.2) is 21.4 Å². The Morgan fingerprint density at radius 2 is 1.91 bits per heavy atom. The number of piperidine rings is 1. The van der Waals surface area contributed by atoms with Crippen molar-refractivity contribution in [1.82, 2.24) is 20.2 Å². The van der Waals surface area contributed by atoms with Gasteiger partial charge in [-0.05, 0) is 55.7 Å². The van der Waals surface area contributed by atoms with Gasteiger partial charge < -0.3 is 10.6 Å². The van der Waals surface area contributed by atoms with E-state index in [0.717, 1.165) is 24.3 Å². The van der Waals surface area contributed by atoms with E-state index in [0.29, 0.717) is 35.4 Å². The fraction of sp³-hybridized carbons (Fsp3) is 0.250. The summed E-state index contributed by atoms with van der Waals surface area (Å²) < 4.78 is 39.6. The van der Waals surface area contributed by atoms with Crippen molar-refractivity contribution < 1.29 is 22.8 Å².